The van der Waals surface area contributed by atoms with Gasteiger partial charge >= 0.3 is 0 Å². The van der Waals surface area contributed by atoms with Gasteiger partial charge in [0.2, 0.25) is 0 Å². The van der Waals surface area contributed by atoms with E-state index in [1.165, 1.54) is 144 Å². The van der Waals surface area contributed by atoms with Crippen LogP contribution in [0.1, 0.15) is 55.6 Å². The summed E-state index contributed by atoms with van der Waals surface area (Å²) in [7, 11) is 0. The number of ether oxygens (including phenoxy) is 1. The highest BCUT2D eigenvalue weighted by Gasteiger charge is 2.48. The first kappa shape index (κ1) is 64.1. The maximum absolute atomic E-state index is 8.04. The largest absolute Gasteiger partial charge is 0.458 e. The summed E-state index contributed by atoms with van der Waals surface area (Å²) in [5.41, 5.74) is 45.3. The van der Waals surface area contributed by atoms with E-state index in [1.54, 1.807) is 0 Å². The normalized spacial score (nSPS) is 12.9. The van der Waals surface area contributed by atoms with Gasteiger partial charge in [-0.1, -0.05) is 200 Å². The second-order valence-electron chi connectivity index (χ2n) is 30.4. The highest BCUT2D eigenvalue weighted by atomic mass is 16.5. The molecule has 4 aliphatic rings. The van der Waals surface area contributed by atoms with Crippen molar-refractivity contribution in [3.8, 4) is 72.8 Å². The first-order valence-electron chi connectivity index (χ1n) is 37.7. The van der Waals surface area contributed by atoms with Gasteiger partial charge in [0.05, 0.1) is 16.7 Å². The smallest absolute Gasteiger partial charge is 0.256 e. The molecular formula is C100H78B2N4O. The molecule has 20 rings (SSSR count). The van der Waals surface area contributed by atoms with Crippen molar-refractivity contribution in [2.24, 2.45) is 0 Å². The molecule has 7 heteroatoms. The van der Waals surface area contributed by atoms with Crippen LogP contribution in [0.25, 0.3) is 83.1 Å². The maximum Gasteiger partial charge on any atom is 0.256 e. The van der Waals surface area contributed by atoms with Crippen molar-refractivity contribution in [3.05, 3.63) is 347 Å². The molecule has 0 aliphatic carbocycles. The maximum atomic E-state index is 8.04. The average molecular weight is 1370 g/mol. The van der Waals surface area contributed by atoms with Crippen LogP contribution in [-0.2, 0) is 0 Å². The molecule has 0 radical (unpaired) electrons. The third-order valence-electron chi connectivity index (χ3n) is 23.9. The Kier molecular flexibility index (Phi) is 14.7. The topological polar surface area (TPSA) is 23.9 Å². The van der Waals surface area contributed by atoms with Gasteiger partial charge in [0.15, 0.2) is 0 Å². The molecule has 0 amide bonds. The summed E-state index contributed by atoms with van der Waals surface area (Å²) in [5, 5.41) is 2.41. The molecular weight excluding hydrogens is 1290 g/mol. The van der Waals surface area contributed by atoms with Crippen LogP contribution in [0.2, 0.25) is 0 Å². The van der Waals surface area contributed by atoms with E-state index >= 15 is 0 Å². The quantitative estimate of drug-likeness (QED) is 0.134. The summed E-state index contributed by atoms with van der Waals surface area (Å²) < 4.78 is 10.5. The summed E-state index contributed by atoms with van der Waals surface area (Å²) in [5.74, 6) is 1.67. The third-order valence-corrected chi connectivity index (χ3v) is 23.9. The zero-order valence-corrected chi connectivity index (χ0v) is 62.1. The minimum Gasteiger partial charge on any atom is -0.458 e. The number of fused-ring (bicyclic) bond motifs is 11. The summed E-state index contributed by atoms with van der Waals surface area (Å²) in [4.78, 5) is 7.70. The number of rotatable bonds is 9. The zero-order chi connectivity index (χ0) is 72.4. The highest BCUT2D eigenvalue weighted by Crippen LogP contribution is 2.51. The van der Waals surface area contributed by atoms with Gasteiger partial charge in [-0.05, 0) is 292 Å². The fourth-order valence-corrected chi connectivity index (χ4v) is 19.3. The second kappa shape index (κ2) is 24.5. The Morgan fingerprint density at radius 1 is 0.224 bits per heavy atom. The monoisotopic (exact) mass is 1370 g/mol. The molecule has 510 valence electrons. The van der Waals surface area contributed by atoms with E-state index in [9.17, 15) is 0 Å². The number of benzene rings is 15. The van der Waals surface area contributed by atoms with Crippen molar-refractivity contribution in [3.63, 3.8) is 0 Å². The number of aromatic nitrogens is 1. The summed E-state index contributed by atoms with van der Waals surface area (Å²) >= 11 is 0. The predicted molar refractivity (Wildman–Crippen MR) is 455 cm³/mol. The number of aryl methyl sites for hydroxylation is 10. The molecule has 5 nitrogen and oxygen atoms in total. The molecule has 16 aromatic rings. The lowest BCUT2D eigenvalue weighted by Crippen LogP contribution is -2.64. The van der Waals surface area contributed by atoms with E-state index in [4.69, 9.17) is 4.74 Å². The Labute approximate surface area is 628 Å². The minimum atomic E-state index is -0.279. The van der Waals surface area contributed by atoms with Crippen molar-refractivity contribution in [1.82, 2.24) is 4.57 Å². The van der Waals surface area contributed by atoms with Gasteiger partial charge in [-0.25, -0.2) is 0 Å². The van der Waals surface area contributed by atoms with Crippen LogP contribution in [0.5, 0.6) is 11.5 Å². The zero-order valence-electron chi connectivity index (χ0n) is 62.1. The fourth-order valence-electron chi connectivity index (χ4n) is 19.3. The van der Waals surface area contributed by atoms with Crippen molar-refractivity contribution in [2.75, 3.05) is 14.7 Å². The lowest BCUT2D eigenvalue weighted by Gasteiger charge is -2.46. The number of para-hydroxylation sites is 3. The molecule has 0 fully saturated rings. The van der Waals surface area contributed by atoms with Crippen LogP contribution >= 0.6 is 0 Å². The van der Waals surface area contributed by atoms with Crippen LogP contribution in [0, 0.1) is 69.2 Å². The molecule has 15 aromatic carbocycles. The third kappa shape index (κ3) is 9.86. The molecule has 0 saturated carbocycles. The number of anilines is 9. The van der Waals surface area contributed by atoms with Gasteiger partial charge in [0.1, 0.15) is 11.5 Å². The van der Waals surface area contributed by atoms with Gasteiger partial charge in [0.25, 0.3) is 13.4 Å². The standard InChI is InChI=1S/C100H78B2N4O/c1-59-23-18-24-60(2)94(59)69-39-45-75(46-40-69)103-86-49-43-71(96-63(5)27-20-28-64(96)6)51-80(86)101-82-57-83-92(58-88(82)105(74-33-12-11-13-34-74)90-54-73(53-89(103)99(90)101)98-67(9)31-22-32-68(98)10)107-93-56-77(106-84-37-16-14-35-78(84)79-36-15-17-38-85(79)106)55-91-100(93)102(83)81-52-72(97-65(7)29-21-30-66(97)8)44-50-87(81)104(91)76-47-41-70(42-48-76)95-61(3)25-19-26-62(95)4/h11-58H,1-10H3. The minimum absolute atomic E-state index is 0.244. The summed E-state index contributed by atoms with van der Waals surface area (Å²) in [6, 6.07) is 111. The first-order chi connectivity index (χ1) is 52.2. The Hall–Kier alpha value is -12.6. The van der Waals surface area contributed by atoms with Crippen LogP contribution in [0.3, 0.4) is 0 Å². The second-order valence-corrected chi connectivity index (χ2v) is 30.4. The molecule has 4 aliphatic heterocycles. The van der Waals surface area contributed by atoms with Gasteiger partial charge in [-0.3, -0.25) is 0 Å². The molecule has 1 aromatic heterocycles. The summed E-state index contributed by atoms with van der Waals surface area (Å²) in [6.07, 6.45) is 0. The van der Waals surface area contributed by atoms with E-state index in [0.29, 0.717) is 0 Å². The van der Waals surface area contributed by atoms with E-state index in [-0.39, 0.29) is 13.4 Å². The predicted octanol–water partition coefficient (Wildman–Crippen LogP) is 22.7. The van der Waals surface area contributed by atoms with Gasteiger partial charge in [-0.2, -0.15) is 0 Å². The first-order valence-corrected chi connectivity index (χ1v) is 37.7. The van der Waals surface area contributed by atoms with Crippen LogP contribution in [-0.4, -0.2) is 18.0 Å². The van der Waals surface area contributed by atoms with E-state index in [0.717, 1.165) is 90.3 Å². The Morgan fingerprint density at radius 2 is 0.579 bits per heavy atom. The molecule has 0 spiro atoms. The van der Waals surface area contributed by atoms with E-state index < -0.39 is 0 Å². The number of hydrogen-bond donors (Lipinski definition) is 0. The van der Waals surface area contributed by atoms with Crippen LogP contribution < -0.4 is 52.2 Å². The SMILES string of the molecule is Cc1cccc(C)c1-c1ccc(N2c3ccc(-c4c(C)cccc4C)cc3B3c4cc5c(cc4Oc4cc(-n6c7ccccc7c7ccccc76)cc2c43)N(c2ccccc2)c2cc(-c3c(C)cccc3C)cc3c2B5c2cc(-c4c(C)cccc4C)ccc2N3c2ccc(-c3c(C)cccc3C)cc2)cc1. The van der Waals surface area contributed by atoms with E-state index in [2.05, 4.69) is 380 Å². The van der Waals surface area contributed by atoms with Crippen molar-refractivity contribution in [2.45, 2.75) is 69.2 Å². The Bertz CT molecular complexity index is 6290. The molecule has 0 bridgehead atoms. The van der Waals surface area contributed by atoms with E-state index in [1.807, 2.05) is 0 Å². The molecule has 0 N–H and O–H groups in total. The Balaban J connectivity index is 0.890. The molecule has 0 atom stereocenters. The van der Waals surface area contributed by atoms with Gasteiger partial charge in [0, 0.05) is 74.1 Å². The van der Waals surface area contributed by atoms with Crippen molar-refractivity contribution in [1.29, 1.82) is 0 Å². The van der Waals surface area contributed by atoms with Crippen molar-refractivity contribution < 1.29 is 4.74 Å². The van der Waals surface area contributed by atoms with Gasteiger partial charge < -0.3 is 24.0 Å². The Morgan fingerprint density at radius 3 is 1.03 bits per heavy atom. The molecule has 107 heavy (non-hydrogen) atoms. The average Bonchev–Trinajstić information content (AvgIpc) is 1.36. The molecule has 0 saturated heterocycles. The fraction of sp³-hybridized carbons (Fsp3) is 0.100. The van der Waals surface area contributed by atoms with Crippen molar-refractivity contribution >= 4 is 119 Å². The number of nitrogens with zero attached hydrogens (tertiary/aromatic N) is 4. The molecule has 0 unspecified atom stereocenters. The lowest BCUT2D eigenvalue weighted by atomic mass is 9.30. The highest BCUT2D eigenvalue weighted by molar-refractivity contribution is 7.02. The number of hydrogen-bond acceptors (Lipinski definition) is 4. The summed E-state index contributed by atoms with van der Waals surface area (Å²) in [6.45, 7) is 22.0. The lowest BCUT2D eigenvalue weighted by molar-refractivity contribution is 0.487. The molecule has 5 heterocycles. The van der Waals surface area contributed by atoms with Crippen LogP contribution in [0.15, 0.2) is 291 Å². The van der Waals surface area contributed by atoms with Crippen LogP contribution in [0.4, 0.5) is 51.2 Å². The van der Waals surface area contributed by atoms with Gasteiger partial charge in [-0.15, -0.1) is 0 Å².